The molecule has 2 aliphatic rings. The summed E-state index contributed by atoms with van der Waals surface area (Å²) >= 11 is 2.05. The number of carbonyl (C=O) groups excluding carboxylic acids is 1. The smallest absolute Gasteiger partial charge is 0.488 e. The van der Waals surface area contributed by atoms with Crippen molar-refractivity contribution in [3.63, 3.8) is 0 Å². The average Bonchev–Trinajstić information content (AvgIpc) is 2.77. The van der Waals surface area contributed by atoms with Crippen molar-refractivity contribution in [2.24, 2.45) is 0 Å². The van der Waals surface area contributed by atoms with E-state index in [-0.39, 0.29) is 34.8 Å². The molecule has 192 valence electrons. The third-order valence-corrected chi connectivity index (χ3v) is 8.08. The average molecular weight is 628 g/mol. The number of rotatable bonds is 2. The molecule has 4 rings (SSSR count). The number of likely N-dealkylation sites (N-methyl/N-ethyl adjacent to an activating group) is 1. The maximum atomic E-state index is 13.1. The number of likely N-dealkylation sites (tertiary alicyclic amines) is 1. The molecule has 2 aromatic rings. The largest absolute Gasteiger partial charge is 0.534 e. The zero-order valence-corrected chi connectivity index (χ0v) is 21.8. The topological polar surface area (TPSA) is 110 Å². The van der Waals surface area contributed by atoms with Crippen LogP contribution in [0.15, 0.2) is 24.4 Å². The fourth-order valence-electron chi connectivity index (χ4n) is 4.20. The SMILES string of the molecule is CN1CCC2CC1(C)C(=O)NCC(I)COc1c(OS(=O)(=O)C(F)(F)F)ccc3ncc(cc13)N2. The molecule has 1 aromatic heterocycles. The number of ether oxygens (including phenoxy) is 1. The van der Waals surface area contributed by atoms with E-state index in [1.54, 1.807) is 12.3 Å². The minimum absolute atomic E-state index is 0.0325. The minimum Gasteiger partial charge on any atom is -0.488 e. The Morgan fingerprint density at radius 2 is 2.09 bits per heavy atom. The number of aromatic nitrogens is 1. The van der Waals surface area contributed by atoms with Gasteiger partial charge in [0.15, 0.2) is 11.5 Å². The van der Waals surface area contributed by atoms with Crippen molar-refractivity contribution in [2.75, 3.05) is 32.1 Å². The van der Waals surface area contributed by atoms with Gasteiger partial charge in [0.25, 0.3) is 0 Å². The third kappa shape index (κ3) is 5.23. The Kier molecular flexibility index (Phi) is 7.00. The number of halogens is 4. The van der Waals surface area contributed by atoms with Gasteiger partial charge in [0, 0.05) is 24.5 Å². The summed E-state index contributed by atoms with van der Waals surface area (Å²) in [6.45, 7) is 2.78. The van der Waals surface area contributed by atoms with Crippen LogP contribution in [0.4, 0.5) is 18.9 Å². The number of nitrogens with zero attached hydrogens (tertiary/aromatic N) is 2. The van der Waals surface area contributed by atoms with Crippen LogP contribution < -0.4 is 19.6 Å². The predicted molar refractivity (Wildman–Crippen MR) is 131 cm³/mol. The zero-order valence-electron chi connectivity index (χ0n) is 18.9. The molecule has 3 atom stereocenters. The van der Waals surface area contributed by atoms with Gasteiger partial charge in [-0.2, -0.15) is 21.6 Å². The van der Waals surface area contributed by atoms with Gasteiger partial charge in [-0.25, -0.2) is 0 Å². The standard InChI is InChI=1S/C21H24F3IN4O5S/c1-20-8-13(5-6-29(20)2)28-14-7-15-16(26-10-14)3-4-17(34-35(31,32)21(22,23)24)18(15)33-11-12(25)9-27-19(20)30/h3-4,7,10,12-13,28H,5-6,8-9,11H2,1-2H3,(H,27,30). The molecule has 1 saturated heterocycles. The van der Waals surface area contributed by atoms with Crippen molar-refractivity contribution in [2.45, 2.75) is 40.8 Å². The van der Waals surface area contributed by atoms with Gasteiger partial charge in [0.05, 0.1) is 26.9 Å². The molecule has 1 aromatic carbocycles. The summed E-state index contributed by atoms with van der Waals surface area (Å²) in [7, 11) is -4.01. The van der Waals surface area contributed by atoms with Crippen LogP contribution in [0.2, 0.25) is 0 Å². The molecule has 0 aliphatic carbocycles. The van der Waals surface area contributed by atoms with Gasteiger partial charge in [-0.15, -0.1) is 0 Å². The molecule has 2 N–H and O–H groups in total. The van der Waals surface area contributed by atoms with Crippen molar-refractivity contribution in [1.29, 1.82) is 0 Å². The minimum atomic E-state index is -5.92. The quantitative estimate of drug-likeness (QED) is 0.226. The first-order valence-corrected chi connectivity index (χ1v) is 13.4. The van der Waals surface area contributed by atoms with Gasteiger partial charge in [0.2, 0.25) is 5.91 Å². The second-order valence-corrected chi connectivity index (χ2v) is 12.1. The monoisotopic (exact) mass is 628 g/mol. The lowest BCUT2D eigenvalue weighted by molar-refractivity contribution is -0.134. The van der Waals surface area contributed by atoms with Gasteiger partial charge in [0.1, 0.15) is 6.61 Å². The Morgan fingerprint density at radius 3 is 2.80 bits per heavy atom. The first-order valence-electron chi connectivity index (χ1n) is 10.8. The molecule has 2 aliphatic heterocycles. The summed E-state index contributed by atoms with van der Waals surface area (Å²) in [5, 5.41) is 6.58. The van der Waals surface area contributed by atoms with E-state index in [0.29, 0.717) is 29.6 Å². The lowest BCUT2D eigenvalue weighted by Gasteiger charge is -2.45. The second kappa shape index (κ2) is 9.42. The number of hydrogen-bond acceptors (Lipinski definition) is 8. The molecule has 1 amide bonds. The van der Waals surface area contributed by atoms with E-state index in [1.807, 2.05) is 18.9 Å². The van der Waals surface area contributed by atoms with Crippen molar-refractivity contribution in [3.8, 4) is 11.5 Å². The molecule has 3 heterocycles. The van der Waals surface area contributed by atoms with Crippen molar-refractivity contribution < 1.29 is 35.3 Å². The summed E-state index contributed by atoms with van der Waals surface area (Å²) in [6, 6.07) is 4.00. The molecular formula is C21H24F3IN4O5S. The van der Waals surface area contributed by atoms with E-state index in [1.165, 1.54) is 6.07 Å². The van der Waals surface area contributed by atoms with Crippen LogP contribution >= 0.6 is 22.6 Å². The summed E-state index contributed by atoms with van der Waals surface area (Å²) in [5.74, 6) is -0.912. The number of piperidine rings is 1. The summed E-state index contributed by atoms with van der Waals surface area (Å²) in [5.41, 5.74) is -5.39. The fraction of sp³-hybridized carbons (Fsp3) is 0.524. The highest BCUT2D eigenvalue weighted by atomic mass is 127. The number of amides is 1. The number of fused-ring (bicyclic) bond motifs is 3. The van der Waals surface area contributed by atoms with Gasteiger partial charge in [-0.3, -0.25) is 14.7 Å². The van der Waals surface area contributed by atoms with Gasteiger partial charge in [-0.1, -0.05) is 22.6 Å². The highest BCUT2D eigenvalue weighted by Gasteiger charge is 2.49. The maximum Gasteiger partial charge on any atom is 0.534 e. The van der Waals surface area contributed by atoms with E-state index >= 15 is 0 Å². The van der Waals surface area contributed by atoms with Gasteiger partial charge < -0.3 is 19.6 Å². The van der Waals surface area contributed by atoms with Crippen LogP contribution in [-0.2, 0) is 14.9 Å². The van der Waals surface area contributed by atoms with Gasteiger partial charge in [-0.05, 0) is 45.0 Å². The highest BCUT2D eigenvalue weighted by molar-refractivity contribution is 14.1. The van der Waals surface area contributed by atoms with E-state index in [9.17, 15) is 26.4 Å². The molecule has 0 radical (unpaired) electrons. The molecule has 0 spiro atoms. The lowest BCUT2D eigenvalue weighted by Crippen LogP contribution is -2.61. The summed E-state index contributed by atoms with van der Waals surface area (Å²) in [6.07, 6.45) is 2.85. The molecule has 1 fully saturated rings. The van der Waals surface area contributed by atoms with Crippen LogP contribution in [-0.4, -0.2) is 72.0 Å². The predicted octanol–water partition coefficient (Wildman–Crippen LogP) is 3.04. The highest BCUT2D eigenvalue weighted by Crippen LogP contribution is 2.40. The maximum absolute atomic E-state index is 13.1. The molecule has 35 heavy (non-hydrogen) atoms. The Balaban J connectivity index is 1.79. The van der Waals surface area contributed by atoms with E-state index in [0.717, 1.165) is 12.5 Å². The molecule has 4 bridgehead atoms. The van der Waals surface area contributed by atoms with Crippen LogP contribution in [0.1, 0.15) is 19.8 Å². The molecule has 0 saturated carbocycles. The van der Waals surface area contributed by atoms with E-state index in [4.69, 9.17) is 4.74 Å². The summed E-state index contributed by atoms with van der Waals surface area (Å²) < 4.78 is 72.3. The van der Waals surface area contributed by atoms with Crippen molar-refractivity contribution >= 4 is 55.2 Å². The first-order chi connectivity index (χ1) is 16.3. The van der Waals surface area contributed by atoms with Crippen LogP contribution in [0.5, 0.6) is 11.5 Å². The zero-order chi connectivity index (χ0) is 25.6. The normalized spacial score (nSPS) is 26.4. The Morgan fingerprint density at radius 1 is 1.34 bits per heavy atom. The second-order valence-electron chi connectivity index (χ2n) is 8.81. The Bertz CT molecular complexity index is 1250. The fourth-order valence-corrected chi connectivity index (χ4v) is 5.06. The number of nitrogens with one attached hydrogen (secondary N) is 2. The summed E-state index contributed by atoms with van der Waals surface area (Å²) in [4.78, 5) is 19.5. The number of hydrogen-bond donors (Lipinski definition) is 2. The molecular weight excluding hydrogens is 604 g/mol. The lowest BCUT2D eigenvalue weighted by atomic mass is 9.84. The number of alkyl halides is 4. The van der Waals surface area contributed by atoms with E-state index < -0.39 is 26.9 Å². The van der Waals surface area contributed by atoms with Crippen LogP contribution in [0.3, 0.4) is 0 Å². The Labute approximate surface area is 214 Å². The number of pyridine rings is 1. The number of carbonyl (C=O) groups is 1. The van der Waals surface area contributed by atoms with E-state index in [2.05, 4.69) is 42.4 Å². The number of benzene rings is 1. The van der Waals surface area contributed by atoms with Gasteiger partial charge >= 0.3 is 15.6 Å². The molecule has 9 nitrogen and oxygen atoms in total. The molecule has 3 unspecified atom stereocenters. The van der Waals surface area contributed by atoms with Crippen molar-refractivity contribution in [3.05, 3.63) is 24.4 Å². The van der Waals surface area contributed by atoms with Crippen LogP contribution in [0.25, 0.3) is 10.9 Å². The van der Waals surface area contributed by atoms with Crippen LogP contribution in [0, 0.1) is 0 Å². The Hall–Kier alpha value is -2.07. The molecule has 14 heteroatoms. The number of anilines is 1. The van der Waals surface area contributed by atoms with Crippen molar-refractivity contribution in [1.82, 2.24) is 15.2 Å². The first kappa shape index (κ1) is 26.0. The third-order valence-electron chi connectivity index (χ3n) is 6.31.